The van der Waals surface area contributed by atoms with Gasteiger partial charge in [-0.2, -0.15) is 4.31 Å². The highest BCUT2D eigenvalue weighted by molar-refractivity contribution is 7.89. The van der Waals surface area contributed by atoms with Gasteiger partial charge in [0.2, 0.25) is 15.9 Å². The highest BCUT2D eigenvalue weighted by Crippen LogP contribution is 2.21. The third-order valence-electron chi connectivity index (χ3n) is 3.17. The summed E-state index contributed by atoms with van der Waals surface area (Å²) in [5.74, 6) is -1.24. The first kappa shape index (κ1) is 14.9. The topological polar surface area (TPSA) is 92.5 Å². The van der Waals surface area contributed by atoms with Crippen molar-refractivity contribution in [1.29, 1.82) is 0 Å². The summed E-state index contributed by atoms with van der Waals surface area (Å²) in [6, 6.07) is 4.18. The Morgan fingerprint density at radius 2 is 2.05 bits per heavy atom. The number of carbonyl (C=O) groups excluding carboxylic acids is 1. The van der Waals surface area contributed by atoms with Crippen LogP contribution in [0.3, 0.4) is 0 Å². The van der Waals surface area contributed by atoms with Gasteiger partial charge in [-0.25, -0.2) is 12.8 Å². The fraction of sp³-hybridized carbons (Fsp3) is 0.417. The van der Waals surface area contributed by atoms with Gasteiger partial charge < -0.3 is 11.1 Å². The Hall–Kier alpha value is -1.51. The number of nitrogens with two attached hydrogens (primary N) is 1. The summed E-state index contributed by atoms with van der Waals surface area (Å²) in [6.45, 7) is 0.763. The van der Waals surface area contributed by atoms with E-state index in [1.807, 2.05) is 0 Å². The van der Waals surface area contributed by atoms with Crippen LogP contribution in [0.15, 0.2) is 29.2 Å². The highest BCUT2D eigenvalue weighted by atomic mass is 32.2. The van der Waals surface area contributed by atoms with E-state index in [0.717, 1.165) is 16.4 Å². The van der Waals surface area contributed by atoms with Crippen molar-refractivity contribution in [3.8, 4) is 0 Å². The van der Waals surface area contributed by atoms with E-state index in [-0.39, 0.29) is 17.5 Å². The van der Waals surface area contributed by atoms with Crippen LogP contribution in [-0.4, -0.2) is 44.3 Å². The number of benzene rings is 1. The van der Waals surface area contributed by atoms with E-state index in [9.17, 15) is 17.6 Å². The quantitative estimate of drug-likeness (QED) is 0.778. The molecule has 1 aliphatic heterocycles. The van der Waals surface area contributed by atoms with Crippen molar-refractivity contribution in [2.45, 2.75) is 17.4 Å². The number of rotatable bonds is 5. The minimum Gasteiger partial charge on any atom is -0.369 e. The lowest BCUT2D eigenvalue weighted by atomic mass is 10.2. The Morgan fingerprint density at radius 3 is 2.55 bits per heavy atom. The van der Waals surface area contributed by atoms with Crippen molar-refractivity contribution in [1.82, 2.24) is 9.62 Å². The number of sulfonamides is 1. The maximum atomic E-state index is 12.9. The maximum absolute atomic E-state index is 12.9. The fourth-order valence-electron chi connectivity index (χ4n) is 2.19. The molecule has 1 heterocycles. The number of nitrogens with one attached hydrogen (secondary N) is 1. The molecule has 0 bridgehead atoms. The van der Waals surface area contributed by atoms with Crippen LogP contribution in [0.4, 0.5) is 4.39 Å². The largest absolute Gasteiger partial charge is 0.369 e. The standard InChI is InChI=1S/C12H16FN3O3S/c13-9-1-3-11(4-2-9)20(18,19)16(8-12(14)17)10-5-6-15-7-10/h1-4,10,15H,5-8H2,(H2,14,17). The summed E-state index contributed by atoms with van der Waals surface area (Å²) in [7, 11) is -3.87. The lowest BCUT2D eigenvalue weighted by Gasteiger charge is -2.26. The first-order valence-electron chi connectivity index (χ1n) is 6.17. The van der Waals surface area contributed by atoms with Gasteiger partial charge in [0.05, 0.1) is 11.4 Å². The molecular formula is C12H16FN3O3S. The van der Waals surface area contributed by atoms with E-state index in [4.69, 9.17) is 5.73 Å². The molecule has 2 rings (SSSR count). The molecule has 0 saturated carbocycles. The van der Waals surface area contributed by atoms with Gasteiger partial charge in [0.15, 0.2) is 0 Å². The third kappa shape index (κ3) is 3.14. The van der Waals surface area contributed by atoms with Crippen LogP contribution in [0.2, 0.25) is 0 Å². The Kier molecular flexibility index (Phi) is 4.36. The Bertz CT molecular complexity index is 582. The van der Waals surface area contributed by atoms with Crippen molar-refractivity contribution in [2.75, 3.05) is 19.6 Å². The van der Waals surface area contributed by atoms with Gasteiger partial charge in [0.25, 0.3) is 0 Å². The van der Waals surface area contributed by atoms with Gasteiger partial charge in [-0.1, -0.05) is 0 Å². The molecule has 1 aromatic rings. The molecule has 0 spiro atoms. The summed E-state index contributed by atoms with van der Waals surface area (Å²) in [6.07, 6.45) is 0.605. The molecule has 3 N–H and O–H groups in total. The lowest BCUT2D eigenvalue weighted by Crippen LogP contribution is -2.46. The normalized spacial score (nSPS) is 19.4. The van der Waals surface area contributed by atoms with Crippen LogP contribution in [0.5, 0.6) is 0 Å². The predicted octanol–water partition coefficient (Wildman–Crippen LogP) is -0.336. The predicted molar refractivity (Wildman–Crippen MR) is 70.8 cm³/mol. The summed E-state index contributed by atoms with van der Waals surface area (Å²) in [5.41, 5.74) is 5.13. The average molecular weight is 301 g/mol. The maximum Gasteiger partial charge on any atom is 0.243 e. The number of hydrogen-bond donors (Lipinski definition) is 2. The molecule has 110 valence electrons. The van der Waals surface area contributed by atoms with Crippen molar-refractivity contribution in [2.24, 2.45) is 5.73 Å². The highest BCUT2D eigenvalue weighted by Gasteiger charge is 2.34. The summed E-state index contributed by atoms with van der Waals surface area (Å²) < 4.78 is 39.0. The Balaban J connectivity index is 2.34. The lowest BCUT2D eigenvalue weighted by molar-refractivity contribution is -0.118. The average Bonchev–Trinajstić information content (AvgIpc) is 2.89. The van der Waals surface area contributed by atoms with E-state index >= 15 is 0 Å². The van der Waals surface area contributed by atoms with Gasteiger partial charge in [-0.05, 0) is 37.2 Å². The number of amides is 1. The van der Waals surface area contributed by atoms with Crippen molar-refractivity contribution >= 4 is 15.9 Å². The summed E-state index contributed by atoms with van der Waals surface area (Å²) in [5, 5.41) is 3.04. The first-order chi connectivity index (χ1) is 9.41. The molecule has 0 aliphatic carbocycles. The van der Waals surface area contributed by atoms with Crippen molar-refractivity contribution in [3.63, 3.8) is 0 Å². The zero-order valence-electron chi connectivity index (χ0n) is 10.8. The van der Waals surface area contributed by atoms with Gasteiger partial charge in [0, 0.05) is 12.6 Å². The minimum atomic E-state index is -3.87. The van der Waals surface area contributed by atoms with Crippen LogP contribution in [0.1, 0.15) is 6.42 Å². The molecule has 1 fully saturated rings. The molecule has 1 aromatic carbocycles. The monoisotopic (exact) mass is 301 g/mol. The van der Waals surface area contributed by atoms with E-state index in [0.29, 0.717) is 19.5 Å². The van der Waals surface area contributed by atoms with E-state index in [1.54, 1.807) is 0 Å². The van der Waals surface area contributed by atoms with Gasteiger partial charge in [-0.15, -0.1) is 0 Å². The molecule has 1 saturated heterocycles. The van der Waals surface area contributed by atoms with Crippen LogP contribution in [0.25, 0.3) is 0 Å². The zero-order valence-corrected chi connectivity index (χ0v) is 11.6. The summed E-state index contributed by atoms with van der Waals surface area (Å²) in [4.78, 5) is 11.1. The molecule has 0 radical (unpaired) electrons. The van der Waals surface area contributed by atoms with Crippen molar-refractivity contribution in [3.05, 3.63) is 30.1 Å². The molecule has 20 heavy (non-hydrogen) atoms. The summed E-state index contributed by atoms with van der Waals surface area (Å²) >= 11 is 0. The van der Waals surface area contributed by atoms with Gasteiger partial charge >= 0.3 is 0 Å². The second-order valence-electron chi connectivity index (χ2n) is 4.62. The van der Waals surface area contributed by atoms with Crippen LogP contribution < -0.4 is 11.1 Å². The Labute approximate surface area is 116 Å². The first-order valence-corrected chi connectivity index (χ1v) is 7.61. The SMILES string of the molecule is NC(=O)CN(C1CCNC1)S(=O)(=O)c1ccc(F)cc1. The van der Waals surface area contributed by atoms with Gasteiger partial charge in [0.1, 0.15) is 5.82 Å². The van der Waals surface area contributed by atoms with Crippen LogP contribution >= 0.6 is 0 Å². The van der Waals surface area contributed by atoms with Crippen molar-refractivity contribution < 1.29 is 17.6 Å². The molecule has 8 heteroatoms. The molecule has 0 aromatic heterocycles. The van der Waals surface area contributed by atoms with Crippen LogP contribution in [-0.2, 0) is 14.8 Å². The fourth-order valence-corrected chi connectivity index (χ4v) is 3.81. The second-order valence-corrected chi connectivity index (χ2v) is 6.51. The number of hydrogen-bond acceptors (Lipinski definition) is 4. The third-order valence-corrected chi connectivity index (χ3v) is 5.09. The molecule has 1 aliphatic rings. The number of carbonyl (C=O) groups is 1. The molecule has 1 unspecified atom stereocenters. The number of halogens is 1. The zero-order chi connectivity index (χ0) is 14.8. The molecule has 1 atom stereocenters. The van der Waals surface area contributed by atoms with Gasteiger partial charge in [-0.3, -0.25) is 4.79 Å². The number of primary amides is 1. The smallest absolute Gasteiger partial charge is 0.243 e. The van der Waals surface area contributed by atoms with E-state index in [1.165, 1.54) is 12.1 Å². The minimum absolute atomic E-state index is 0.0490. The van der Waals surface area contributed by atoms with Crippen LogP contribution in [0, 0.1) is 5.82 Å². The Morgan fingerprint density at radius 1 is 1.40 bits per heavy atom. The number of nitrogens with zero attached hydrogens (tertiary/aromatic N) is 1. The van der Waals surface area contributed by atoms with E-state index in [2.05, 4.69) is 5.32 Å². The molecule has 1 amide bonds. The second kappa shape index (κ2) is 5.86. The molecular weight excluding hydrogens is 285 g/mol. The molecule has 6 nitrogen and oxygen atoms in total. The van der Waals surface area contributed by atoms with E-state index < -0.39 is 21.7 Å².